The van der Waals surface area contributed by atoms with Crippen molar-refractivity contribution in [2.24, 2.45) is 15.6 Å². The minimum absolute atomic E-state index is 0. The van der Waals surface area contributed by atoms with Crippen LogP contribution in [0.3, 0.4) is 0 Å². The predicted octanol–water partition coefficient (Wildman–Crippen LogP) is 10.6. The quantitative estimate of drug-likeness (QED) is 0.180. The van der Waals surface area contributed by atoms with Gasteiger partial charge in [-0.3, -0.25) is 4.74 Å². The fourth-order valence-electron chi connectivity index (χ4n) is 3.90. The minimum Gasteiger partial charge on any atom is -0.271 e. The minimum atomic E-state index is -1.30. The van der Waals surface area contributed by atoms with Gasteiger partial charge in [-0.25, -0.2) is 0 Å². The Balaban J connectivity index is 0. The Morgan fingerprint density at radius 3 is 1.44 bits per heavy atom. The van der Waals surface area contributed by atoms with Gasteiger partial charge in [-0.05, 0) is 60.2 Å². The molecule has 0 saturated carbocycles. The molecule has 0 N–H and O–H groups in total. The summed E-state index contributed by atoms with van der Waals surface area (Å²) in [6.07, 6.45) is 20.1. The topological polar surface area (TPSA) is 12.4 Å². The Hall–Kier alpha value is -0.0957. The van der Waals surface area contributed by atoms with E-state index in [2.05, 4.69) is 126 Å². The summed E-state index contributed by atoms with van der Waals surface area (Å²) in [5.41, 5.74) is 4.16. The summed E-state index contributed by atoms with van der Waals surface area (Å²) in [5.74, 6) is 0. The first-order valence-electron chi connectivity index (χ1n) is 12.6. The van der Waals surface area contributed by atoms with Crippen LogP contribution in [0, 0.1) is 10.8 Å². The Morgan fingerprint density at radius 2 is 1.19 bits per heavy atom. The molecule has 0 saturated heterocycles. The van der Waals surface area contributed by atoms with Crippen LogP contribution >= 0.6 is 7.05 Å². The van der Waals surface area contributed by atoms with Gasteiger partial charge in [0.15, 0.2) is 0 Å². The van der Waals surface area contributed by atoms with E-state index in [1.807, 2.05) is 0 Å². The first-order chi connectivity index (χ1) is 14.2. The Kier molecular flexibility index (Phi) is 16.8. The van der Waals surface area contributed by atoms with Crippen LogP contribution < -0.4 is 0 Å². The fourth-order valence-corrected chi connectivity index (χ4v) is 9.44. The Morgan fingerprint density at radius 1 is 0.812 bits per heavy atom. The van der Waals surface area contributed by atoms with Crippen molar-refractivity contribution >= 4 is 7.05 Å². The summed E-state index contributed by atoms with van der Waals surface area (Å²) in [7, 11) is -1.30. The van der Waals surface area contributed by atoms with Crippen LogP contribution in [0.1, 0.15) is 109 Å². The monoisotopic (exact) mass is 495 g/mol. The second-order valence-electron chi connectivity index (χ2n) is 11.4. The van der Waals surface area contributed by atoms with E-state index in [0.29, 0.717) is 10.8 Å². The third-order valence-corrected chi connectivity index (χ3v) is 12.2. The van der Waals surface area contributed by atoms with Crippen LogP contribution in [-0.4, -0.2) is 17.0 Å². The summed E-state index contributed by atoms with van der Waals surface area (Å²) >= 11 is 0. The van der Waals surface area contributed by atoms with Gasteiger partial charge in [-0.2, -0.15) is 0 Å². The summed E-state index contributed by atoms with van der Waals surface area (Å²) in [6.45, 7) is 27.5. The number of rotatable bonds is 8. The largest absolute Gasteiger partial charge is 0.271 e. The molecule has 3 atom stereocenters. The summed E-state index contributed by atoms with van der Waals surface area (Å²) in [6, 6.07) is 0. The second kappa shape index (κ2) is 15.7. The van der Waals surface area contributed by atoms with Gasteiger partial charge in [-0.1, -0.05) is 120 Å². The Bertz CT molecular complexity index is 628. The molecule has 0 radical (unpaired) electrons. The van der Waals surface area contributed by atoms with Gasteiger partial charge in [-0.15, -0.1) is 0 Å². The zero-order valence-corrected chi connectivity index (χ0v) is 26.0. The van der Waals surface area contributed by atoms with Crippen molar-refractivity contribution in [2.45, 2.75) is 126 Å². The molecule has 0 aromatic heterocycles. The molecule has 1 aliphatic carbocycles. The van der Waals surface area contributed by atoms with E-state index in [-0.39, 0.29) is 21.7 Å². The van der Waals surface area contributed by atoms with Crippen molar-refractivity contribution < 1.29 is 21.7 Å². The molecule has 1 nitrogen and oxygen atoms in total. The first-order valence-corrected chi connectivity index (χ1v) is 14.5. The van der Waals surface area contributed by atoms with Gasteiger partial charge >= 0.3 is 0 Å². The van der Waals surface area contributed by atoms with Crippen molar-refractivity contribution in [2.75, 3.05) is 0 Å². The van der Waals surface area contributed by atoms with E-state index in [1.54, 1.807) is 0 Å². The maximum Gasteiger partial charge on any atom is 0.0425 e. The van der Waals surface area contributed by atoms with E-state index in [0.717, 1.165) is 23.4 Å². The molecule has 0 fully saturated rings. The third kappa shape index (κ3) is 12.4. The van der Waals surface area contributed by atoms with E-state index in [4.69, 9.17) is 4.74 Å². The zero-order chi connectivity index (χ0) is 24.3. The standard InChI is InChI=1S/C17H32NP.C12H22.Ti/c1-7-14(4)19(15(5)8-2,16(6)9-3)18-17-12-10-11-13-17;1-11(2,3)9-7-8-10-12(4,5)6;/h10-12,14-16H,7-9,13H2,1-6H3;7-10H,1-6H3;. The van der Waals surface area contributed by atoms with E-state index in [1.165, 1.54) is 25.0 Å². The maximum atomic E-state index is 5.43. The van der Waals surface area contributed by atoms with Crippen LogP contribution in [0.4, 0.5) is 0 Å². The van der Waals surface area contributed by atoms with Crippen molar-refractivity contribution in [1.29, 1.82) is 0 Å². The number of allylic oxidation sites excluding steroid dienone is 7. The van der Waals surface area contributed by atoms with Gasteiger partial charge < -0.3 is 0 Å². The molecule has 0 amide bonds. The van der Waals surface area contributed by atoms with Crippen LogP contribution in [0.5, 0.6) is 0 Å². The SMILES string of the molecule is CC(C)(C)C=CC=CC(C)(C)C.CCC(C)P(=NC1=CC=CC1)(C(C)CC)C(C)CC.[Ti]. The Labute approximate surface area is 217 Å². The van der Waals surface area contributed by atoms with E-state index >= 15 is 0 Å². The zero-order valence-electron chi connectivity index (χ0n) is 23.5. The van der Waals surface area contributed by atoms with Crippen molar-refractivity contribution in [3.05, 3.63) is 48.2 Å². The summed E-state index contributed by atoms with van der Waals surface area (Å²) < 4.78 is 5.43. The predicted molar refractivity (Wildman–Crippen MR) is 148 cm³/mol. The molecule has 0 spiro atoms. The number of hydrogen-bond acceptors (Lipinski definition) is 1. The third-order valence-electron chi connectivity index (χ3n) is 6.25. The van der Waals surface area contributed by atoms with Crippen molar-refractivity contribution in [3.8, 4) is 0 Å². The molecular weight excluding hydrogens is 441 g/mol. The summed E-state index contributed by atoms with van der Waals surface area (Å²) in [4.78, 5) is 0. The average Bonchev–Trinajstić information content (AvgIpc) is 3.19. The van der Waals surface area contributed by atoms with Crippen LogP contribution in [-0.2, 0) is 21.7 Å². The number of nitrogens with zero attached hydrogens (tertiary/aromatic N) is 1. The molecular formula is C29H54NPTi. The van der Waals surface area contributed by atoms with Crippen LogP contribution in [0.25, 0.3) is 0 Å². The van der Waals surface area contributed by atoms with Crippen LogP contribution in [0.2, 0.25) is 0 Å². The van der Waals surface area contributed by atoms with Crippen molar-refractivity contribution in [3.63, 3.8) is 0 Å². The van der Waals surface area contributed by atoms with Crippen LogP contribution in [0.15, 0.2) is 53.0 Å². The maximum absolute atomic E-state index is 5.43. The molecule has 32 heavy (non-hydrogen) atoms. The number of hydrogen-bond donors (Lipinski definition) is 0. The van der Waals surface area contributed by atoms with Gasteiger partial charge in [0, 0.05) is 33.8 Å². The molecule has 0 bridgehead atoms. The fraction of sp³-hybridized carbons (Fsp3) is 0.724. The molecule has 0 aliphatic heterocycles. The second-order valence-corrected chi connectivity index (χ2v) is 15.8. The van der Waals surface area contributed by atoms with Crippen molar-refractivity contribution in [1.82, 2.24) is 0 Å². The molecule has 3 unspecified atom stereocenters. The molecule has 0 aromatic carbocycles. The molecule has 0 aromatic rings. The van der Waals surface area contributed by atoms with E-state index in [9.17, 15) is 0 Å². The molecule has 3 heteroatoms. The van der Waals surface area contributed by atoms with Gasteiger partial charge in [0.05, 0.1) is 0 Å². The normalized spacial score (nSPS) is 18.9. The van der Waals surface area contributed by atoms with Gasteiger partial charge in [0.25, 0.3) is 0 Å². The van der Waals surface area contributed by atoms with E-state index < -0.39 is 7.05 Å². The average molecular weight is 496 g/mol. The smallest absolute Gasteiger partial charge is 0.0425 e. The van der Waals surface area contributed by atoms with Gasteiger partial charge in [0.1, 0.15) is 0 Å². The summed E-state index contributed by atoms with van der Waals surface area (Å²) in [5, 5.41) is 0. The molecule has 184 valence electrons. The van der Waals surface area contributed by atoms with Gasteiger partial charge in [0.2, 0.25) is 0 Å². The molecule has 0 heterocycles. The first kappa shape index (κ1) is 34.1. The molecule has 1 aliphatic rings. The molecule has 1 rings (SSSR count).